The molecule has 0 aliphatic carbocycles. The first kappa shape index (κ1) is 19.4. The summed E-state index contributed by atoms with van der Waals surface area (Å²) in [7, 11) is 0. The van der Waals surface area contributed by atoms with E-state index in [0.29, 0.717) is 22.6 Å². The topological polar surface area (TPSA) is 78.5 Å². The molecule has 1 heterocycles. The maximum Gasteiger partial charge on any atom is 0.283 e. The zero-order chi connectivity index (χ0) is 21.1. The molecule has 0 saturated heterocycles. The average molecular weight is 418 g/mol. The molecule has 0 unspecified atom stereocenters. The predicted molar refractivity (Wildman–Crippen MR) is 116 cm³/mol. The summed E-state index contributed by atoms with van der Waals surface area (Å²) in [6, 6.07) is 24.2. The van der Waals surface area contributed by atoms with Gasteiger partial charge in [-0.3, -0.25) is 14.4 Å². The number of hydrogen-bond donors (Lipinski definition) is 2. The van der Waals surface area contributed by atoms with E-state index in [1.54, 1.807) is 66.7 Å². The van der Waals surface area contributed by atoms with Crippen LogP contribution in [-0.2, 0) is 9.59 Å². The Morgan fingerprint density at radius 2 is 1.40 bits per heavy atom. The highest BCUT2D eigenvalue weighted by atomic mass is 35.5. The molecule has 0 bridgehead atoms. The fraction of sp³-hybridized carbons (Fsp3) is 0. The third-order valence-corrected chi connectivity index (χ3v) is 4.82. The summed E-state index contributed by atoms with van der Waals surface area (Å²) in [5.41, 5.74) is 1.91. The molecule has 4 rings (SSSR count). The van der Waals surface area contributed by atoms with Crippen molar-refractivity contribution in [3.05, 3.63) is 101 Å². The van der Waals surface area contributed by atoms with Crippen molar-refractivity contribution in [3.63, 3.8) is 0 Å². The van der Waals surface area contributed by atoms with Crippen molar-refractivity contribution >= 4 is 46.4 Å². The van der Waals surface area contributed by atoms with Crippen molar-refractivity contribution in [3.8, 4) is 0 Å². The average Bonchev–Trinajstić information content (AvgIpc) is 2.98. The van der Waals surface area contributed by atoms with Crippen LogP contribution in [-0.4, -0.2) is 17.7 Å². The highest BCUT2D eigenvalue weighted by Crippen LogP contribution is 2.30. The maximum absolute atomic E-state index is 12.8. The van der Waals surface area contributed by atoms with Crippen LogP contribution in [0.1, 0.15) is 10.4 Å². The van der Waals surface area contributed by atoms with Crippen LogP contribution in [0.15, 0.2) is 95.7 Å². The maximum atomic E-state index is 12.8. The van der Waals surface area contributed by atoms with Crippen LogP contribution in [0.25, 0.3) is 0 Å². The van der Waals surface area contributed by atoms with Crippen LogP contribution in [0.2, 0.25) is 0 Å². The van der Waals surface area contributed by atoms with Gasteiger partial charge in [-0.1, -0.05) is 54.1 Å². The Morgan fingerprint density at radius 3 is 2.10 bits per heavy atom. The van der Waals surface area contributed by atoms with Gasteiger partial charge in [0.05, 0.1) is 5.69 Å². The molecule has 30 heavy (non-hydrogen) atoms. The van der Waals surface area contributed by atoms with E-state index in [0.717, 1.165) is 4.90 Å². The summed E-state index contributed by atoms with van der Waals surface area (Å²) in [4.78, 5) is 38.8. The Bertz CT molecular complexity index is 1160. The molecular weight excluding hydrogens is 402 g/mol. The lowest BCUT2D eigenvalue weighted by atomic mass is 10.1. The number of halogens is 1. The molecule has 0 fully saturated rings. The highest BCUT2D eigenvalue weighted by molar-refractivity contribution is 6.53. The van der Waals surface area contributed by atoms with E-state index in [-0.39, 0.29) is 16.6 Å². The van der Waals surface area contributed by atoms with Crippen LogP contribution < -0.4 is 15.5 Å². The number of amides is 3. The van der Waals surface area contributed by atoms with E-state index in [1.807, 2.05) is 18.2 Å². The van der Waals surface area contributed by atoms with E-state index in [2.05, 4.69) is 10.6 Å². The van der Waals surface area contributed by atoms with Crippen molar-refractivity contribution in [1.29, 1.82) is 0 Å². The number of rotatable bonds is 5. The summed E-state index contributed by atoms with van der Waals surface area (Å²) >= 11 is 6.15. The molecular formula is C23H16ClN3O3. The second-order valence-electron chi connectivity index (χ2n) is 6.50. The molecule has 0 aromatic heterocycles. The number of anilines is 3. The summed E-state index contributed by atoms with van der Waals surface area (Å²) in [5, 5.41) is 5.48. The van der Waals surface area contributed by atoms with Gasteiger partial charge < -0.3 is 10.6 Å². The molecule has 0 saturated carbocycles. The first-order valence-corrected chi connectivity index (χ1v) is 9.49. The Balaban J connectivity index is 1.54. The van der Waals surface area contributed by atoms with E-state index in [4.69, 9.17) is 11.6 Å². The van der Waals surface area contributed by atoms with Gasteiger partial charge in [-0.2, -0.15) is 0 Å². The third kappa shape index (κ3) is 3.81. The highest BCUT2D eigenvalue weighted by Gasteiger charge is 2.38. The minimum absolute atomic E-state index is 0.0360. The standard InChI is InChI=1S/C23H16ClN3O3/c24-19-20(23(30)27(22(19)29)18-12-5-2-6-13-18)25-17-11-7-8-15(14-17)21(28)26-16-9-3-1-4-10-16/h1-14,25H,(H,26,28). The van der Waals surface area contributed by atoms with Crippen molar-refractivity contribution < 1.29 is 14.4 Å². The molecule has 7 heteroatoms. The smallest absolute Gasteiger partial charge is 0.283 e. The fourth-order valence-electron chi connectivity index (χ4n) is 3.03. The van der Waals surface area contributed by atoms with E-state index < -0.39 is 11.8 Å². The normalized spacial score (nSPS) is 13.6. The number of para-hydroxylation sites is 2. The van der Waals surface area contributed by atoms with Crippen LogP contribution in [0, 0.1) is 0 Å². The van der Waals surface area contributed by atoms with Crippen LogP contribution in [0.4, 0.5) is 17.1 Å². The van der Waals surface area contributed by atoms with E-state index >= 15 is 0 Å². The third-order valence-electron chi connectivity index (χ3n) is 4.47. The van der Waals surface area contributed by atoms with Crippen molar-refractivity contribution in [2.75, 3.05) is 15.5 Å². The largest absolute Gasteiger partial charge is 0.350 e. The molecule has 3 aromatic rings. The summed E-state index contributed by atoms with van der Waals surface area (Å²) in [6.07, 6.45) is 0. The second kappa shape index (κ2) is 8.23. The fourth-order valence-corrected chi connectivity index (χ4v) is 3.24. The molecule has 2 N–H and O–H groups in total. The number of nitrogens with one attached hydrogen (secondary N) is 2. The predicted octanol–water partition coefficient (Wildman–Crippen LogP) is 4.37. The second-order valence-corrected chi connectivity index (χ2v) is 6.87. The molecule has 1 aliphatic rings. The van der Waals surface area contributed by atoms with Crippen LogP contribution in [0.5, 0.6) is 0 Å². The lowest BCUT2D eigenvalue weighted by Gasteiger charge is -2.15. The van der Waals surface area contributed by atoms with Gasteiger partial charge in [-0.25, -0.2) is 4.90 Å². The Morgan fingerprint density at radius 1 is 0.767 bits per heavy atom. The lowest BCUT2D eigenvalue weighted by Crippen LogP contribution is -2.32. The first-order valence-electron chi connectivity index (χ1n) is 9.11. The zero-order valence-electron chi connectivity index (χ0n) is 15.6. The summed E-state index contributed by atoms with van der Waals surface area (Å²) in [5.74, 6) is -1.46. The van der Waals surface area contributed by atoms with E-state index in [9.17, 15) is 14.4 Å². The van der Waals surface area contributed by atoms with Gasteiger partial charge >= 0.3 is 0 Å². The van der Waals surface area contributed by atoms with Crippen molar-refractivity contribution in [1.82, 2.24) is 0 Å². The van der Waals surface area contributed by atoms with Gasteiger partial charge in [0.25, 0.3) is 17.7 Å². The minimum Gasteiger partial charge on any atom is -0.350 e. The molecule has 0 atom stereocenters. The van der Waals surface area contributed by atoms with Gasteiger partial charge in [0.15, 0.2) is 0 Å². The molecule has 3 amide bonds. The van der Waals surface area contributed by atoms with Crippen molar-refractivity contribution in [2.45, 2.75) is 0 Å². The molecule has 1 aliphatic heterocycles. The van der Waals surface area contributed by atoms with Gasteiger partial charge in [0.1, 0.15) is 10.7 Å². The molecule has 0 spiro atoms. The van der Waals surface area contributed by atoms with E-state index in [1.165, 1.54) is 0 Å². The number of carbonyl (C=O) groups excluding carboxylic acids is 3. The number of hydrogen-bond acceptors (Lipinski definition) is 4. The Labute approximate surface area is 177 Å². The zero-order valence-corrected chi connectivity index (χ0v) is 16.4. The summed E-state index contributed by atoms with van der Waals surface area (Å²) < 4.78 is 0. The number of benzene rings is 3. The minimum atomic E-state index is -0.603. The molecule has 6 nitrogen and oxygen atoms in total. The van der Waals surface area contributed by atoms with Crippen LogP contribution >= 0.6 is 11.6 Å². The summed E-state index contributed by atoms with van der Waals surface area (Å²) in [6.45, 7) is 0. The molecule has 148 valence electrons. The number of imide groups is 1. The van der Waals surface area contributed by atoms with Gasteiger partial charge in [-0.15, -0.1) is 0 Å². The van der Waals surface area contributed by atoms with Crippen LogP contribution in [0.3, 0.4) is 0 Å². The first-order chi connectivity index (χ1) is 14.5. The van der Waals surface area contributed by atoms with Crippen molar-refractivity contribution in [2.24, 2.45) is 0 Å². The molecule has 0 radical (unpaired) electrons. The lowest BCUT2D eigenvalue weighted by molar-refractivity contribution is -0.120. The molecule has 3 aromatic carbocycles. The van der Waals surface area contributed by atoms with Gasteiger partial charge in [0.2, 0.25) is 0 Å². The quantitative estimate of drug-likeness (QED) is 0.604. The van der Waals surface area contributed by atoms with Gasteiger partial charge in [-0.05, 0) is 42.5 Å². The SMILES string of the molecule is O=C(Nc1ccccc1)c1cccc(NC2=C(Cl)C(=O)N(c3ccccc3)C2=O)c1. The number of nitrogens with zero attached hydrogens (tertiary/aromatic N) is 1. The van der Waals surface area contributed by atoms with Gasteiger partial charge in [0, 0.05) is 16.9 Å². The Kier molecular flexibility index (Phi) is 5.32. The monoisotopic (exact) mass is 417 g/mol. The number of carbonyl (C=O) groups is 3. The Hall–Kier alpha value is -3.90.